The Balaban J connectivity index is 1.45. The SMILES string of the molecule is CCOCCC1(CNC(=NC)NCCc2cn3ccccc3n2)CCCC1. The van der Waals surface area contributed by atoms with Crippen LogP contribution in [0, 0.1) is 5.41 Å². The molecule has 3 rings (SSSR count). The number of nitrogens with one attached hydrogen (secondary N) is 2. The van der Waals surface area contributed by atoms with Crippen molar-refractivity contribution in [1.82, 2.24) is 20.0 Å². The summed E-state index contributed by atoms with van der Waals surface area (Å²) in [5.41, 5.74) is 2.44. The number of rotatable bonds is 9. The molecule has 2 aromatic heterocycles. The first-order chi connectivity index (χ1) is 13.2. The predicted octanol–water partition coefficient (Wildman–Crippen LogP) is 3.03. The molecule has 1 aliphatic rings. The van der Waals surface area contributed by atoms with Crippen LogP contribution < -0.4 is 10.6 Å². The lowest BCUT2D eigenvalue weighted by molar-refractivity contribution is 0.105. The number of aliphatic imine (C=N–C) groups is 1. The van der Waals surface area contributed by atoms with E-state index in [9.17, 15) is 0 Å². The molecule has 0 saturated heterocycles. The topological polar surface area (TPSA) is 63.0 Å². The fourth-order valence-corrected chi connectivity index (χ4v) is 3.98. The Kier molecular flexibility index (Phi) is 7.10. The number of guanidine groups is 1. The zero-order valence-corrected chi connectivity index (χ0v) is 16.7. The monoisotopic (exact) mass is 371 g/mol. The largest absolute Gasteiger partial charge is 0.382 e. The molecular formula is C21H33N5O. The highest BCUT2D eigenvalue weighted by atomic mass is 16.5. The lowest BCUT2D eigenvalue weighted by atomic mass is 9.83. The van der Waals surface area contributed by atoms with Crippen LogP contribution in [0.15, 0.2) is 35.6 Å². The van der Waals surface area contributed by atoms with E-state index in [4.69, 9.17) is 4.74 Å². The molecule has 0 aromatic carbocycles. The van der Waals surface area contributed by atoms with Crippen molar-refractivity contribution in [1.29, 1.82) is 0 Å². The van der Waals surface area contributed by atoms with E-state index >= 15 is 0 Å². The minimum absolute atomic E-state index is 0.356. The van der Waals surface area contributed by atoms with E-state index in [0.717, 1.165) is 56.4 Å². The zero-order valence-electron chi connectivity index (χ0n) is 16.7. The van der Waals surface area contributed by atoms with Crippen molar-refractivity contribution in [3.63, 3.8) is 0 Å². The maximum Gasteiger partial charge on any atom is 0.191 e. The van der Waals surface area contributed by atoms with Gasteiger partial charge in [0.25, 0.3) is 0 Å². The molecule has 1 saturated carbocycles. The molecule has 0 bridgehead atoms. The normalized spacial score (nSPS) is 16.7. The fraction of sp³-hybridized carbons (Fsp3) is 0.619. The molecule has 1 fully saturated rings. The smallest absolute Gasteiger partial charge is 0.191 e. The number of pyridine rings is 1. The minimum atomic E-state index is 0.356. The summed E-state index contributed by atoms with van der Waals surface area (Å²) in [5, 5.41) is 6.98. The van der Waals surface area contributed by atoms with Crippen molar-refractivity contribution in [3.8, 4) is 0 Å². The van der Waals surface area contributed by atoms with E-state index < -0.39 is 0 Å². The highest BCUT2D eigenvalue weighted by Gasteiger charge is 2.33. The van der Waals surface area contributed by atoms with Crippen molar-refractivity contribution in [2.75, 3.05) is 33.4 Å². The maximum absolute atomic E-state index is 5.61. The number of nitrogens with zero attached hydrogens (tertiary/aromatic N) is 3. The quantitative estimate of drug-likeness (QED) is 0.404. The third kappa shape index (κ3) is 5.45. The van der Waals surface area contributed by atoms with Gasteiger partial charge in [0.15, 0.2) is 5.96 Å². The van der Waals surface area contributed by atoms with Crippen molar-refractivity contribution in [3.05, 3.63) is 36.3 Å². The summed E-state index contributed by atoms with van der Waals surface area (Å²) in [4.78, 5) is 9.03. The van der Waals surface area contributed by atoms with E-state index in [1.54, 1.807) is 0 Å². The van der Waals surface area contributed by atoms with Crippen molar-refractivity contribution in [2.24, 2.45) is 10.4 Å². The lowest BCUT2D eigenvalue weighted by Gasteiger charge is -2.30. The van der Waals surface area contributed by atoms with Gasteiger partial charge in [0.1, 0.15) is 5.65 Å². The summed E-state index contributed by atoms with van der Waals surface area (Å²) in [5.74, 6) is 0.876. The van der Waals surface area contributed by atoms with E-state index in [-0.39, 0.29) is 0 Å². The van der Waals surface area contributed by atoms with Gasteiger partial charge in [0.2, 0.25) is 0 Å². The van der Waals surface area contributed by atoms with Gasteiger partial charge in [-0.3, -0.25) is 4.99 Å². The molecule has 0 amide bonds. The second-order valence-electron chi connectivity index (χ2n) is 7.45. The van der Waals surface area contributed by atoms with Gasteiger partial charge in [0.05, 0.1) is 5.69 Å². The van der Waals surface area contributed by atoms with Crippen LogP contribution in [-0.4, -0.2) is 48.7 Å². The third-order valence-corrected chi connectivity index (χ3v) is 5.59. The number of imidazole rings is 1. The van der Waals surface area contributed by atoms with Crippen molar-refractivity contribution in [2.45, 2.75) is 45.4 Å². The molecule has 1 aliphatic carbocycles. The van der Waals surface area contributed by atoms with Gasteiger partial charge in [-0.05, 0) is 43.7 Å². The van der Waals surface area contributed by atoms with Gasteiger partial charge in [0, 0.05) is 52.2 Å². The summed E-state index contributed by atoms with van der Waals surface area (Å²) >= 11 is 0. The molecule has 0 atom stereocenters. The molecule has 2 heterocycles. The van der Waals surface area contributed by atoms with Crippen LogP contribution in [0.2, 0.25) is 0 Å². The average Bonchev–Trinajstić information content (AvgIpc) is 3.31. The highest BCUT2D eigenvalue weighted by Crippen LogP contribution is 2.40. The van der Waals surface area contributed by atoms with Crippen LogP contribution >= 0.6 is 0 Å². The Hall–Kier alpha value is -2.08. The summed E-state index contributed by atoms with van der Waals surface area (Å²) in [7, 11) is 1.84. The van der Waals surface area contributed by atoms with Crippen LogP contribution in [0.5, 0.6) is 0 Å². The van der Waals surface area contributed by atoms with Crippen molar-refractivity contribution >= 4 is 11.6 Å². The molecule has 27 heavy (non-hydrogen) atoms. The van der Waals surface area contributed by atoms with Gasteiger partial charge >= 0.3 is 0 Å². The van der Waals surface area contributed by atoms with Crippen LogP contribution in [0.25, 0.3) is 5.65 Å². The number of fused-ring (bicyclic) bond motifs is 1. The van der Waals surface area contributed by atoms with Crippen molar-refractivity contribution < 1.29 is 4.74 Å². The van der Waals surface area contributed by atoms with Crippen LogP contribution in [-0.2, 0) is 11.2 Å². The Bertz CT molecular complexity index is 700. The van der Waals surface area contributed by atoms with E-state index in [1.807, 2.05) is 31.4 Å². The molecule has 6 nitrogen and oxygen atoms in total. The summed E-state index contributed by atoms with van der Waals surface area (Å²) < 4.78 is 7.67. The minimum Gasteiger partial charge on any atom is -0.382 e. The molecule has 0 unspecified atom stereocenters. The molecule has 148 valence electrons. The van der Waals surface area contributed by atoms with Gasteiger partial charge in [-0.15, -0.1) is 0 Å². The molecule has 6 heteroatoms. The summed E-state index contributed by atoms with van der Waals surface area (Å²) in [6.45, 7) is 5.51. The standard InChI is InChI=1S/C21H33N5O/c1-3-27-15-12-21(10-5-6-11-21)17-24-20(22-2)23-13-9-18-16-26-14-7-4-8-19(26)25-18/h4,7-8,14,16H,3,5-6,9-13,15,17H2,1-2H3,(H2,22,23,24). The van der Waals surface area contributed by atoms with Gasteiger partial charge in [-0.1, -0.05) is 18.9 Å². The maximum atomic E-state index is 5.61. The number of ether oxygens (including phenoxy) is 1. The molecule has 0 aliphatic heterocycles. The predicted molar refractivity (Wildman–Crippen MR) is 110 cm³/mol. The second-order valence-corrected chi connectivity index (χ2v) is 7.45. The van der Waals surface area contributed by atoms with Gasteiger partial charge in [-0.2, -0.15) is 0 Å². The molecule has 2 N–H and O–H groups in total. The first-order valence-corrected chi connectivity index (χ1v) is 10.2. The van der Waals surface area contributed by atoms with E-state index in [0.29, 0.717) is 5.41 Å². The zero-order chi connectivity index (χ0) is 19.0. The Labute approximate surface area is 162 Å². The Morgan fingerprint density at radius 3 is 2.89 bits per heavy atom. The number of hydrogen-bond donors (Lipinski definition) is 2. The highest BCUT2D eigenvalue weighted by molar-refractivity contribution is 5.79. The molecule has 0 spiro atoms. The van der Waals surface area contributed by atoms with E-state index in [2.05, 4.69) is 38.1 Å². The number of hydrogen-bond acceptors (Lipinski definition) is 3. The summed E-state index contributed by atoms with van der Waals surface area (Å²) in [6, 6.07) is 6.06. The Morgan fingerprint density at radius 1 is 1.30 bits per heavy atom. The fourth-order valence-electron chi connectivity index (χ4n) is 3.98. The Morgan fingerprint density at radius 2 is 2.15 bits per heavy atom. The molecular weight excluding hydrogens is 338 g/mol. The van der Waals surface area contributed by atoms with Gasteiger partial charge < -0.3 is 19.8 Å². The summed E-state index contributed by atoms with van der Waals surface area (Å²) in [6.07, 6.45) is 11.3. The van der Waals surface area contributed by atoms with E-state index in [1.165, 1.54) is 25.7 Å². The second kappa shape index (κ2) is 9.74. The molecule has 2 aromatic rings. The first-order valence-electron chi connectivity index (χ1n) is 10.2. The van der Waals surface area contributed by atoms with Crippen LogP contribution in [0.3, 0.4) is 0 Å². The van der Waals surface area contributed by atoms with Crippen LogP contribution in [0.1, 0.15) is 44.7 Å². The number of aromatic nitrogens is 2. The molecule has 0 radical (unpaired) electrons. The average molecular weight is 372 g/mol. The van der Waals surface area contributed by atoms with Gasteiger partial charge in [-0.25, -0.2) is 4.98 Å². The first kappa shape index (κ1) is 19.7. The lowest BCUT2D eigenvalue weighted by Crippen LogP contribution is -2.44. The third-order valence-electron chi connectivity index (χ3n) is 5.59. The van der Waals surface area contributed by atoms with Crippen LogP contribution in [0.4, 0.5) is 0 Å².